The minimum absolute atomic E-state index is 0.811. The number of hydrogen-bond acceptors (Lipinski definition) is 2. The van der Waals surface area contributed by atoms with Crippen LogP contribution in [0.2, 0.25) is 5.02 Å². The van der Waals surface area contributed by atoms with Gasteiger partial charge in [-0.2, -0.15) is 0 Å². The Labute approximate surface area is 152 Å². The molecule has 0 unspecified atom stereocenters. The lowest BCUT2D eigenvalue weighted by molar-refractivity contribution is 0.745. The van der Waals surface area contributed by atoms with Crippen LogP contribution in [0.15, 0.2) is 42.5 Å². The van der Waals surface area contributed by atoms with E-state index in [1.54, 1.807) is 0 Å². The van der Waals surface area contributed by atoms with Gasteiger partial charge in [0.1, 0.15) is 0 Å². The number of anilines is 2. The van der Waals surface area contributed by atoms with Crippen molar-refractivity contribution >= 4 is 23.0 Å². The molecule has 0 saturated heterocycles. The first kappa shape index (κ1) is 18.7. The summed E-state index contributed by atoms with van der Waals surface area (Å²) in [6.07, 6.45) is 3.27. The summed E-state index contributed by atoms with van der Waals surface area (Å²) >= 11 is 6.38. The van der Waals surface area contributed by atoms with Crippen LogP contribution in [0, 0.1) is 0 Å². The van der Waals surface area contributed by atoms with E-state index in [2.05, 4.69) is 61.2 Å². The average molecular weight is 345 g/mol. The van der Waals surface area contributed by atoms with Gasteiger partial charge in [-0.05, 0) is 54.7 Å². The van der Waals surface area contributed by atoms with Gasteiger partial charge in [-0.1, -0.05) is 43.6 Å². The Morgan fingerprint density at radius 3 is 1.92 bits per heavy atom. The minimum Gasteiger partial charge on any atom is -0.376 e. The molecule has 24 heavy (non-hydrogen) atoms. The molecule has 0 aliphatic carbocycles. The Kier molecular flexibility index (Phi) is 6.99. The van der Waals surface area contributed by atoms with Crippen molar-refractivity contribution in [1.82, 2.24) is 0 Å². The lowest BCUT2D eigenvalue weighted by atomic mass is 10.0. The van der Waals surface area contributed by atoms with Crippen LogP contribution in [0.25, 0.3) is 0 Å². The maximum Gasteiger partial charge on any atom is 0.0642 e. The van der Waals surface area contributed by atoms with Crippen LogP contribution < -0.4 is 9.80 Å². The van der Waals surface area contributed by atoms with Crippen molar-refractivity contribution in [3.63, 3.8) is 0 Å². The molecule has 130 valence electrons. The van der Waals surface area contributed by atoms with E-state index in [0.717, 1.165) is 30.2 Å². The average Bonchev–Trinajstić information content (AvgIpc) is 2.55. The van der Waals surface area contributed by atoms with Gasteiger partial charge in [0.15, 0.2) is 0 Å². The third-order valence-corrected chi connectivity index (χ3v) is 4.49. The van der Waals surface area contributed by atoms with Crippen molar-refractivity contribution in [3.8, 4) is 0 Å². The molecule has 0 saturated carbocycles. The highest BCUT2D eigenvalue weighted by Crippen LogP contribution is 2.26. The van der Waals surface area contributed by atoms with Crippen LogP contribution >= 0.6 is 11.6 Å². The van der Waals surface area contributed by atoms with Gasteiger partial charge in [0.2, 0.25) is 0 Å². The summed E-state index contributed by atoms with van der Waals surface area (Å²) in [5, 5.41) is 0.811. The van der Waals surface area contributed by atoms with Gasteiger partial charge in [-0.25, -0.2) is 0 Å². The molecular weight excluding hydrogens is 316 g/mol. The standard InChI is InChI=1S/C21H29ClN2/c1-5-13-24(14-6-2)19-10-7-17(8-11-19)15-18-9-12-21(23(3)4)20(22)16-18/h7-12,16H,5-6,13-15H2,1-4H3. The molecule has 0 spiro atoms. The molecular formula is C21H29ClN2. The van der Waals surface area contributed by atoms with Crippen molar-refractivity contribution in [1.29, 1.82) is 0 Å². The fourth-order valence-corrected chi connectivity index (χ4v) is 3.37. The second kappa shape index (κ2) is 8.98. The van der Waals surface area contributed by atoms with E-state index in [9.17, 15) is 0 Å². The Bertz CT molecular complexity index is 629. The molecule has 0 atom stereocenters. The predicted molar refractivity (Wildman–Crippen MR) is 108 cm³/mol. The first-order valence-corrected chi connectivity index (χ1v) is 9.22. The van der Waals surface area contributed by atoms with Crippen molar-refractivity contribution in [2.45, 2.75) is 33.1 Å². The molecule has 0 amide bonds. The van der Waals surface area contributed by atoms with Gasteiger partial charge < -0.3 is 9.80 Å². The number of hydrogen-bond donors (Lipinski definition) is 0. The first-order chi connectivity index (χ1) is 11.5. The highest BCUT2D eigenvalue weighted by Gasteiger charge is 2.07. The van der Waals surface area contributed by atoms with Crippen LogP contribution in [0.4, 0.5) is 11.4 Å². The molecule has 0 aromatic heterocycles. The van der Waals surface area contributed by atoms with Gasteiger partial charge in [-0.3, -0.25) is 0 Å². The van der Waals surface area contributed by atoms with Gasteiger partial charge in [0.05, 0.1) is 10.7 Å². The van der Waals surface area contributed by atoms with E-state index < -0.39 is 0 Å². The summed E-state index contributed by atoms with van der Waals surface area (Å²) in [5.74, 6) is 0. The zero-order chi connectivity index (χ0) is 17.5. The molecule has 0 radical (unpaired) electrons. The first-order valence-electron chi connectivity index (χ1n) is 8.84. The molecule has 2 rings (SSSR count). The molecule has 3 heteroatoms. The lowest BCUT2D eigenvalue weighted by Gasteiger charge is -2.24. The second-order valence-corrected chi connectivity index (χ2v) is 6.92. The smallest absolute Gasteiger partial charge is 0.0642 e. The predicted octanol–water partition coefficient (Wildman–Crippen LogP) is 5.62. The summed E-state index contributed by atoms with van der Waals surface area (Å²) < 4.78 is 0. The van der Waals surface area contributed by atoms with E-state index in [0.29, 0.717) is 0 Å². The van der Waals surface area contributed by atoms with Crippen molar-refractivity contribution in [2.75, 3.05) is 37.0 Å². The third kappa shape index (κ3) is 4.91. The summed E-state index contributed by atoms with van der Waals surface area (Å²) in [6.45, 7) is 6.71. The normalized spacial score (nSPS) is 10.7. The maximum atomic E-state index is 6.38. The van der Waals surface area contributed by atoms with Crippen molar-refractivity contribution < 1.29 is 0 Å². The van der Waals surface area contributed by atoms with Crippen molar-refractivity contribution in [2.24, 2.45) is 0 Å². The highest BCUT2D eigenvalue weighted by molar-refractivity contribution is 6.33. The van der Waals surface area contributed by atoms with Gasteiger partial charge in [0.25, 0.3) is 0 Å². The molecule has 0 heterocycles. The largest absolute Gasteiger partial charge is 0.376 e. The molecule has 0 aliphatic heterocycles. The topological polar surface area (TPSA) is 6.48 Å². The zero-order valence-electron chi connectivity index (χ0n) is 15.3. The maximum absolute atomic E-state index is 6.38. The molecule has 0 fully saturated rings. The Balaban J connectivity index is 2.09. The van der Waals surface area contributed by atoms with E-state index in [1.807, 2.05) is 19.0 Å². The summed E-state index contributed by atoms with van der Waals surface area (Å²) in [7, 11) is 4.02. The van der Waals surface area contributed by atoms with E-state index in [1.165, 1.54) is 29.7 Å². The fourth-order valence-electron chi connectivity index (χ4n) is 2.99. The van der Waals surface area contributed by atoms with Crippen LogP contribution in [0.3, 0.4) is 0 Å². The van der Waals surface area contributed by atoms with Gasteiger partial charge in [0, 0.05) is 32.9 Å². The molecule has 2 aromatic carbocycles. The molecule has 0 bridgehead atoms. The quantitative estimate of drug-likeness (QED) is 0.613. The fraction of sp³-hybridized carbons (Fsp3) is 0.429. The van der Waals surface area contributed by atoms with Crippen molar-refractivity contribution in [3.05, 3.63) is 58.6 Å². The molecule has 0 aliphatic rings. The molecule has 2 aromatic rings. The molecule has 0 N–H and O–H groups in total. The second-order valence-electron chi connectivity index (χ2n) is 6.51. The van der Waals surface area contributed by atoms with Gasteiger partial charge >= 0.3 is 0 Å². The highest BCUT2D eigenvalue weighted by atomic mass is 35.5. The van der Waals surface area contributed by atoms with Crippen LogP contribution in [0.1, 0.15) is 37.8 Å². The summed E-state index contributed by atoms with van der Waals surface area (Å²) in [5.41, 5.74) is 4.95. The van der Waals surface area contributed by atoms with E-state index >= 15 is 0 Å². The third-order valence-electron chi connectivity index (χ3n) is 4.19. The number of rotatable bonds is 8. The number of benzene rings is 2. The summed E-state index contributed by atoms with van der Waals surface area (Å²) in [4.78, 5) is 4.50. The van der Waals surface area contributed by atoms with Crippen LogP contribution in [0.5, 0.6) is 0 Å². The van der Waals surface area contributed by atoms with Crippen LogP contribution in [-0.4, -0.2) is 27.2 Å². The van der Waals surface area contributed by atoms with Gasteiger partial charge in [-0.15, -0.1) is 0 Å². The molecule has 2 nitrogen and oxygen atoms in total. The van der Waals surface area contributed by atoms with Crippen LogP contribution in [-0.2, 0) is 6.42 Å². The minimum atomic E-state index is 0.811. The SMILES string of the molecule is CCCN(CCC)c1ccc(Cc2ccc(N(C)C)c(Cl)c2)cc1. The Morgan fingerprint density at radius 2 is 1.42 bits per heavy atom. The number of nitrogens with zero attached hydrogens (tertiary/aromatic N) is 2. The summed E-state index contributed by atoms with van der Waals surface area (Å²) in [6, 6.07) is 15.3. The Hall–Kier alpha value is -1.67. The Morgan fingerprint density at radius 1 is 0.833 bits per heavy atom. The van der Waals surface area contributed by atoms with E-state index in [-0.39, 0.29) is 0 Å². The lowest BCUT2D eigenvalue weighted by Crippen LogP contribution is -2.24. The zero-order valence-corrected chi connectivity index (χ0v) is 16.1. The van der Waals surface area contributed by atoms with E-state index in [4.69, 9.17) is 11.6 Å². The number of halogens is 1. The monoisotopic (exact) mass is 344 g/mol.